The fourth-order valence-corrected chi connectivity index (χ4v) is 4.03. The quantitative estimate of drug-likeness (QED) is 0.866. The molecule has 6 heteroatoms. The number of nitrogens with zero attached hydrogens (tertiary/aromatic N) is 2. The predicted octanol–water partition coefficient (Wildman–Crippen LogP) is 0.960. The molecule has 1 N–H and O–H groups in total. The van der Waals surface area contributed by atoms with Crippen LogP contribution in [0.25, 0.3) is 0 Å². The van der Waals surface area contributed by atoms with Gasteiger partial charge in [-0.2, -0.15) is 5.10 Å². The first-order chi connectivity index (χ1) is 8.61. The molecular weight excluding hydrogens is 250 g/mol. The average molecular weight is 271 g/mol. The Morgan fingerprint density at radius 1 is 1.56 bits per heavy atom. The first-order valence-electron chi connectivity index (χ1n) is 6.55. The Morgan fingerprint density at radius 3 is 3.11 bits per heavy atom. The number of hydrogen-bond donors (Lipinski definition) is 1. The molecule has 1 aliphatic rings. The fraction of sp³-hybridized carbons (Fsp3) is 0.750. The van der Waals surface area contributed by atoms with Crippen LogP contribution < -0.4 is 5.32 Å². The monoisotopic (exact) mass is 271 g/mol. The number of sulfone groups is 1. The number of nitrogens with one attached hydrogen (secondary N) is 1. The van der Waals surface area contributed by atoms with Crippen molar-refractivity contribution < 1.29 is 8.42 Å². The summed E-state index contributed by atoms with van der Waals surface area (Å²) in [6.07, 6.45) is 4.56. The molecule has 2 heterocycles. The van der Waals surface area contributed by atoms with Gasteiger partial charge in [0.15, 0.2) is 9.84 Å². The van der Waals surface area contributed by atoms with Gasteiger partial charge in [0.1, 0.15) is 0 Å². The first kappa shape index (κ1) is 13.5. The third-order valence-corrected chi connectivity index (χ3v) is 5.10. The van der Waals surface area contributed by atoms with Crippen molar-refractivity contribution in [3.63, 3.8) is 0 Å². The fourth-order valence-electron chi connectivity index (χ4n) is 2.36. The van der Waals surface area contributed by atoms with Crippen LogP contribution in [0, 0.1) is 0 Å². The highest BCUT2D eigenvalue weighted by molar-refractivity contribution is 7.91. The highest BCUT2D eigenvalue weighted by Crippen LogP contribution is 2.12. The van der Waals surface area contributed by atoms with Gasteiger partial charge in [0, 0.05) is 25.3 Å². The van der Waals surface area contributed by atoms with Crippen molar-refractivity contribution >= 4 is 9.84 Å². The molecule has 1 aromatic rings. The number of aryl methyl sites for hydroxylation is 1. The molecule has 5 nitrogen and oxygen atoms in total. The van der Waals surface area contributed by atoms with Crippen LogP contribution in [0.1, 0.15) is 31.9 Å². The molecule has 1 saturated heterocycles. The zero-order valence-electron chi connectivity index (χ0n) is 10.8. The number of hydrogen-bond acceptors (Lipinski definition) is 4. The van der Waals surface area contributed by atoms with Crippen molar-refractivity contribution in [1.82, 2.24) is 15.1 Å². The molecule has 18 heavy (non-hydrogen) atoms. The van der Waals surface area contributed by atoms with E-state index in [-0.39, 0.29) is 11.8 Å². The molecule has 1 unspecified atom stereocenters. The van der Waals surface area contributed by atoms with Gasteiger partial charge in [-0.1, -0.05) is 6.92 Å². The van der Waals surface area contributed by atoms with E-state index in [1.807, 2.05) is 10.7 Å². The summed E-state index contributed by atoms with van der Waals surface area (Å²) in [5.74, 6) is 0.619. The van der Waals surface area contributed by atoms with E-state index in [1.165, 1.54) is 0 Å². The van der Waals surface area contributed by atoms with Gasteiger partial charge in [0.05, 0.1) is 17.2 Å². The number of rotatable bonds is 5. The summed E-state index contributed by atoms with van der Waals surface area (Å²) in [5.41, 5.74) is 1.12. The highest BCUT2D eigenvalue weighted by atomic mass is 32.2. The largest absolute Gasteiger partial charge is 0.307 e. The Hall–Kier alpha value is -0.880. The summed E-state index contributed by atoms with van der Waals surface area (Å²) in [4.78, 5) is 0. The van der Waals surface area contributed by atoms with Crippen LogP contribution in [0.15, 0.2) is 12.3 Å². The molecule has 1 aromatic heterocycles. The summed E-state index contributed by atoms with van der Waals surface area (Å²) in [6.45, 7) is 3.72. The Morgan fingerprint density at radius 2 is 2.39 bits per heavy atom. The third-order valence-electron chi connectivity index (χ3n) is 3.27. The lowest BCUT2D eigenvalue weighted by atomic mass is 10.2. The van der Waals surface area contributed by atoms with Crippen LogP contribution in [0.3, 0.4) is 0 Å². The topological polar surface area (TPSA) is 64.0 Å². The molecular formula is C12H21N3O2S. The minimum atomic E-state index is -2.83. The normalized spacial score (nSPS) is 23.1. The molecule has 0 radical (unpaired) electrons. The van der Waals surface area contributed by atoms with E-state index in [2.05, 4.69) is 17.3 Å². The molecule has 1 fully saturated rings. The van der Waals surface area contributed by atoms with Crippen molar-refractivity contribution in [1.29, 1.82) is 0 Å². The van der Waals surface area contributed by atoms with Gasteiger partial charge in [-0.05, 0) is 25.3 Å². The molecule has 0 amide bonds. The summed E-state index contributed by atoms with van der Waals surface area (Å²) >= 11 is 0. The zero-order valence-corrected chi connectivity index (χ0v) is 11.6. The van der Waals surface area contributed by atoms with Crippen LogP contribution in [0.4, 0.5) is 0 Å². The van der Waals surface area contributed by atoms with Gasteiger partial charge in [-0.25, -0.2) is 8.42 Å². The van der Waals surface area contributed by atoms with Crippen molar-refractivity contribution in [2.24, 2.45) is 0 Å². The van der Waals surface area contributed by atoms with Crippen molar-refractivity contribution in [2.75, 3.05) is 11.5 Å². The van der Waals surface area contributed by atoms with E-state index in [0.717, 1.165) is 31.5 Å². The van der Waals surface area contributed by atoms with E-state index in [1.54, 1.807) is 6.20 Å². The molecule has 2 rings (SSSR count). The second-order valence-corrected chi connectivity index (χ2v) is 7.11. The van der Waals surface area contributed by atoms with E-state index >= 15 is 0 Å². The van der Waals surface area contributed by atoms with Crippen LogP contribution in [0.2, 0.25) is 0 Å². The highest BCUT2D eigenvalue weighted by Gasteiger charge is 2.24. The van der Waals surface area contributed by atoms with Crippen molar-refractivity contribution in [3.05, 3.63) is 18.0 Å². The lowest BCUT2D eigenvalue weighted by Gasteiger charge is -2.23. The van der Waals surface area contributed by atoms with Gasteiger partial charge >= 0.3 is 0 Å². The van der Waals surface area contributed by atoms with Crippen molar-refractivity contribution in [3.8, 4) is 0 Å². The van der Waals surface area contributed by atoms with E-state index < -0.39 is 9.84 Å². The molecule has 1 atom stereocenters. The van der Waals surface area contributed by atoms with Gasteiger partial charge in [-0.15, -0.1) is 0 Å². The Bertz CT molecular complexity index is 481. The SMILES string of the molecule is CCCn1nccc1CNC1CCCS(=O)(=O)C1. The molecule has 0 aliphatic carbocycles. The third kappa shape index (κ3) is 3.55. The lowest BCUT2D eigenvalue weighted by molar-refractivity contribution is 0.463. The Balaban J connectivity index is 1.89. The minimum absolute atomic E-state index is 0.0914. The standard InChI is InChI=1S/C12H21N3O2S/c1-2-7-15-12(5-6-14-15)9-13-11-4-3-8-18(16,17)10-11/h5-6,11,13H,2-4,7-10H2,1H3. The summed E-state index contributed by atoms with van der Waals surface area (Å²) in [6, 6.07) is 2.08. The van der Waals surface area contributed by atoms with E-state index in [4.69, 9.17) is 0 Å². The molecule has 0 saturated carbocycles. The van der Waals surface area contributed by atoms with Crippen LogP contribution >= 0.6 is 0 Å². The maximum atomic E-state index is 11.5. The zero-order chi connectivity index (χ0) is 13.0. The number of aromatic nitrogens is 2. The molecule has 1 aliphatic heterocycles. The smallest absolute Gasteiger partial charge is 0.151 e. The first-order valence-corrected chi connectivity index (χ1v) is 8.37. The van der Waals surface area contributed by atoms with Gasteiger partial charge in [0.25, 0.3) is 0 Å². The van der Waals surface area contributed by atoms with Gasteiger partial charge in [-0.3, -0.25) is 4.68 Å². The van der Waals surface area contributed by atoms with Gasteiger partial charge in [0.2, 0.25) is 0 Å². The van der Waals surface area contributed by atoms with E-state index in [0.29, 0.717) is 12.3 Å². The Kier molecular flexibility index (Phi) is 4.40. The second-order valence-electron chi connectivity index (χ2n) is 4.88. The van der Waals surface area contributed by atoms with Crippen LogP contribution in [-0.4, -0.2) is 35.7 Å². The molecule has 0 bridgehead atoms. The van der Waals surface area contributed by atoms with Crippen molar-refractivity contribution in [2.45, 2.75) is 45.3 Å². The van der Waals surface area contributed by atoms with E-state index in [9.17, 15) is 8.42 Å². The predicted molar refractivity (Wildman–Crippen MR) is 71.0 cm³/mol. The summed E-state index contributed by atoms with van der Waals surface area (Å²) in [5, 5.41) is 7.60. The molecule has 0 spiro atoms. The van der Waals surface area contributed by atoms with Crippen LogP contribution in [0.5, 0.6) is 0 Å². The minimum Gasteiger partial charge on any atom is -0.307 e. The molecule has 0 aromatic carbocycles. The lowest BCUT2D eigenvalue weighted by Crippen LogP contribution is -2.40. The maximum Gasteiger partial charge on any atom is 0.151 e. The van der Waals surface area contributed by atoms with Gasteiger partial charge < -0.3 is 5.32 Å². The summed E-state index contributed by atoms with van der Waals surface area (Å²) < 4.78 is 25.0. The maximum absolute atomic E-state index is 11.5. The average Bonchev–Trinajstić information content (AvgIpc) is 2.73. The summed E-state index contributed by atoms with van der Waals surface area (Å²) in [7, 11) is -2.83. The Labute approximate surface area is 108 Å². The second kappa shape index (κ2) is 5.84. The molecule has 102 valence electrons. The van der Waals surface area contributed by atoms with Crippen LogP contribution in [-0.2, 0) is 22.9 Å².